The molecule has 3 rings (SSSR count). The van der Waals surface area contributed by atoms with Crippen LogP contribution in [-0.2, 0) is 35.4 Å². The molecule has 5 atom stereocenters. The quantitative estimate of drug-likeness (QED) is 0.173. The minimum atomic E-state index is -4.72. The Balaban J connectivity index is 1.69. The van der Waals surface area contributed by atoms with Gasteiger partial charge in [-0.2, -0.15) is 8.42 Å². The van der Waals surface area contributed by atoms with E-state index >= 15 is 0 Å². The number of carboxylic acids is 1. The van der Waals surface area contributed by atoms with Crippen molar-refractivity contribution in [3.63, 3.8) is 0 Å². The summed E-state index contributed by atoms with van der Waals surface area (Å²) in [5.74, 6) is -2.70. The normalized spacial score (nSPS) is 24.1. The summed E-state index contributed by atoms with van der Waals surface area (Å²) in [4.78, 5) is 26.4. The first-order valence-electron chi connectivity index (χ1n) is 9.49. The molecule has 16 heteroatoms. The third-order valence-electron chi connectivity index (χ3n) is 4.90. The zero-order chi connectivity index (χ0) is 24.5. The average molecular weight is 489 g/mol. The Labute approximate surface area is 186 Å². The van der Waals surface area contributed by atoms with Gasteiger partial charge in [0.15, 0.2) is 6.23 Å². The Kier molecular flexibility index (Phi) is 7.17. The van der Waals surface area contributed by atoms with Gasteiger partial charge in [-0.15, -0.1) is 0 Å². The van der Waals surface area contributed by atoms with Gasteiger partial charge in [0.2, 0.25) is 0 Å². The Morgan fingerprint density at radius 1 is 1.30 bits per heavy atom. The molecular formula is C17H23N5O10S. The van der Waals surface area contributed by atoms with E-state index in [1.54, 1.807) is 6.07 Å². The van der Waals surface area contributed by atoms with Crippen LogP contribution in [0.2, 0.25) is 0 Å². The number of ether oxygens (including phenoxy) is 1. The highest BCUT2D eigenvalue weighted by Gasteiger charge is 2.45. The van der Waals surface area contributed by atoms with Gasteiger partial charge in [-0.25, -0.2) is 9.71 Å². The lowest BCUT2D eigenvalue weighted by atomic mass is 10.1. The van der Waals surface area contributed by atoms with Gasteiger partial charge in [-0.1, -0.05) is 0 Å². The standard InChI is InChI=1S/C17H23N5O10S/c18-8-1-7(4-23)2-10-13(8)22(6-20-10)17-15(27)14(26)11(32-17)5-31-33(29,30)21-16(28)9(19)3-12(24)25/h1-2,6,9,11,14-15,17,23,26-27H,3-5,18-19H2,(H,21,28)(H,24,25)/t9-,11+,14+,15+,17+/m0/s1. The van der Waals surface area contributed by atoms with Crippen molar-refractivity contribution in [2.24, 2.45) is 5.73 Å². The maximum Gasteiger partial charge on any atom is 0.362 e. The van der Waals surface area contributed by atoms with Crippen molar-refractivity contribution >= 4 is 38.9 Å². The highest BCUT2D eigenvalue weighted by atomic mass is 32.2. The van der Waals surface area contributed by atoms with E-state index in [1.807, 2.05) is 0 Å². The number of benzene rings is 1. The van der Waals surface area contributed by atoms with Crippen molar-refractivity contribution in [3.8, 4) is 0 Å². The zero-order valence-electron chi connectivity index (χ0n) is 16.9. The third kappa shape index (κ3) is 5.38. The molecule has 0 bridgehead atoms. The van der Waals surface area contributed by atoms with Crippen LogP contribution in [0.25, 0.3) is 11.0 Å². The van der Waals surface area contributed by atoms with Crippen LogP contribution in [0.15, 0.2) is 18.5 Å². The second-order valence-electron chi connectivity index (χ2n) is 7.32. The number of aliphatic hydroxyl groups is 3. The van der Waals surface area contributed by atoms with E-state index in [0.29, 0.717) is 16.6 Å². The smallest absolute Gasteiger partial charge is 0.362 e. The molecule has 182 valence electrons. The van der Waals surface area contributed by atoms with Gasteiger partial charge in [-0.05, 0) is 17.7 Å². The monoisotopic (exact) mass is 489 g/mol. The molecule has 9 N–H and O–H groups in total. The summed E-state index contributed by atoms with van der Waals surface area (Å²) in [6.45, 7) is -1.05. The topological polar surface area (TPSA) is 250 Å². The molecule has 2 heterocycles. The van der Waals surface area contributed by atoms with E-state index in [4.69, 9.17) is 21.3 Å². The lowest BCUT2D eigenvalue weighted by molar-refractivity contribution is -0.139. The SMILES string of the molecule is Nc1cc(CO)cc2ncn([C@@H]3O[C@H](COS(=O)(=O)NC(=O)[C@@H](N)CC(=O)O)[C@@H](O)[C@H]3O)c12. The molecule has 1 amide bonds. The first-order chi connectivity index (χ1) is 15.4. The molecule has 0 spiro atoms. The van der Waals surface area contributed by atoms with Crippen molar-refractivity contribution in [2.45, 2.75) is 43.6 Å². The van der Waals surface area contributed by atoms with E-state index < -0.39 is 65.8 Å². The molecule has 0 aliphatic carbocycles. The number of rotatable bonds is 9. The number of carboxylic acid groups (broad SMARTS) is 1. The van der Waals surface area contributed by atoms with Crippen LogP contribution in [-0.4, -0.2) is 81.2 Å². The van der Waals surface area contributed by atoms with Gasteiger partial charge >= 0.3 is 16.3 Å². The van der Waals surface area contributed by atoms with Crippen molar-refractivity contribution < 1.29 is 47.4 Å². The molecule has 1 fully saturated rings. The lowest BCUT2D eigenvalue weighted by Crippen LogP contribution is -2.45. The minimum Gasteiger partial charge on any atom is -0.481 e. The number of nitrogens with one attached hydrogen (secondary N) is 1. The van der Waals surface area contributed by atoms with Gasteiger partial charge in [0.05, 0.1) is 48.7 Å². The number of amides is 1. The summed E-state index contributed by atoms with van der Waals surface area (Å²) in [6.07, 6.45) is -5.14. The first-order valence-corrected chi connectivity index (χ1v) is 10.9. The summed E-state index contributed by atoms with van der Waals surface area (Å²) >= 11 is 0. The van der Waals surface area contributed by atoms with E-state index in [9.17, 15) is 33.3 Å². The molecule has 1 saturated heterocycles. The Morgan fingerprint density at radius 2 is 2.00 bits per heavy atom. The van der Waals surface area contributed by atoms with Crippen LogP contribution in [0.4, 0.5) is 5.69 Å². The molecule has 0 unspecified atom stereocenters. The first kappa shape index (κ1) is 24.8. The fraction of sp³-hybridized carbons (Fsp3) is 0.471. The number of hydrogen-bond donors (Lipinski definition) is 7. The molecule has 2 aromatic rings. The van der Waals surface area contributed by atoms with Crippen LogP contribution in [0.5, 0.6) is 0 Å². The summed E-state index contributed by atoms with van der Waals surface area (Å²) in [5.41, 5.74) is 12.8. The van der Waals surface area contributed by atoms with Gasteiger partial charge < -0.3 is 36.6 Å². The number of carbonyl (C=O) groups excluding carboxylic acids is 1. The van der Waals surface area contributed by atoms with Crippen LogP contribution in [0.3, 0.4) is 0 Å². The number of fused-ring (bicyclic) bond motifs is 1. The largest absolute Gasteiger partial charge is 0.481 e. The molecule has 15 nitrogen and oxygen atoms in total. The molecule has 1 aromatic heterocycles. The predicted octanol–water partition coefficient (Wildman–Crippen LogP) is -3.09. The summed E-state index contributed by atoms with van der Waals surface area (Å²) < 4.78 is 36.9. The number of aliphatic carboxylic acids is 1. The van der Waals surface area contributed by atoms with Crippen molar-refractivity contribution in [1.82, 2.24) is 14.3 Å². The second-order valence-corrected chi connectivity index (χ2v) is 8.67. The predicted molar refractivity (Wildman–Crippen MR) is 109 cm³/mol. The van der Waals surface area contributed by atoms with Gasteiger partial charge in [-0.3, -0.25) is 18.3 Å². The number of aromatic nitrogens is 2. The van der Waals surface area contributed by atoms with Crippen LogP contribution in [0, 0.1) is 0 Å². The van der Waals surface area contributed by atoms with Gasteiger partial charge in [0.1, 0.15) is 18.3 Å². The fourth-order valence-electron chi connectivity index (χ4n) is 3.31. The summed E-state index contributed by atoms with van der Waals surface area (Å²) in [6, 6.07) is 1.44. The van der Waals surface area contributed by atoms with Crippen LogP contribution < -0.4 is 16.2 Å². The Morgan fingerprint density at radius 3 is 2.64 bits per heavy atom. The van der Waals surface area contributed by atoms with Gasteiger partial charge in [0.25, 0.3) is 5.91 Å². The number of nitrogens with zero attached hydrogens (tertiary/aromatic N) is 2. The molecule has 1 aliphatic heterocycles. The number of anilines is 1. The van der Waals surface area contributed by atoms with Crippen LogP contribution >= 0.6 is 0 Å². The number of imidazole rings is 1. The van der Waals surface area contributed by atoms with Crippen molar-refractivity contribution in [2.75, 3.05) is 12.3 Å². The maximum atomic E-state index is 12.0. The Bertz CT molecular complexity index is 1150. The molecule has 1 aliphatic rings. The maximum absolute atomic E-state index is 12.0. The molecule has 33 heavy (non-hydrogen) atoms. The lowest BCUT2D eigenvalue weighted by Gasteiger charge is -2.18. The highest BCUT2D eigenvalue weighted by Crippen LogP contribution is 2.34. The van der Waals surface area contributed by atoms with Gasteiger partial charge in [0, 0.05) is 0 Å². The average Bonchev–Trinajstić information content (AvgIpc) is 3.27. The molecule has 1 aromatic carbocycles. The summed E-state index contributed by atoms with van der Waals surface area (Å²) in [5, 5.41) is 38.6. The molecular weight excluding hydrogens is 466 g/mol. The van der Waals surface area contributed by atoms with E-state index in [2.05, 4.69) is 9.17 Å². The third-order valence-corrected chi connectivity index (χ3v) is 5.79. The van der Waals surface area contributed by atoms with E-state index in [-0.39, 0.29) is 12.3 Å². The molecule has 0 saturated carbocycles. The summed E-state index contributed by atoms with van der Waals surface area (Å²) in [7, 11) is -4.72. The number of carbonyl (C=O) groups is 2. The fourth-order valence-corrected chi connectivity index (χ4v) is 4.08. The van der Waals surface area contributed by atoms with Crippen molar-refractivity contribution in [1.29, 1.82) is 0 Å². The highest BCUT2D eigenvalue weighted by molar-refractivity contribution is 7.85. The van der Waals surface area contributed by atoms with E-state index in [0.717, 1.165) is 0 Å². The number of nitrogens with two attached hydrogens (primary N) is 2. The zero-order valence-corrected chi connectivity index (χ0v) is 17.8. The number of hydrogen-bond acceptors (Lipinski definition) is 12. The minimum absolute atomic E-state index is 0.224. The molecule has 0 radical (unpaired) electrons. The van der Waals surface area contributed by atoms with E-state index in [1.165, 1.54) is 21.7 Å². The second kappa shape index (κ2) is 9.56. The number of aliphatic hydroxyl groups excluding tert-OH is 3. The van der Waals surface area contributed by atoms with Crippen molar-refractivity contribution in [3.05, 3.63) is 24.0 Å². The number of nitrogen functional groups attached to an aromatic ring is 1. The van der Waals surface area contributed by atoms with Crippen LogP contribution in [0.1, 0.15) is 18.2 Å². The Hall–Kier alpha value is -2.86.